The van der Waals surface area contributed by atoms with Crippen molar-refractivity contribution in [2.75, 3.05) is 25.1 Å². The maximum atomic E-state index is 13.0. The number of esters is 1. The van der Waals surface area contributed by atoms with Gasteiger partial charge in [0.15, 0.2) is 0 Å². The highest BCUT2D eigenvalue weighted by Crippen LogP contribution is 2.27. The summed E-state index contributed by atoms with van der Waals surface area (Å²) in [5.41, 5.74) is -0.0869. The third-order valence-electron chi connectivity index (χ3n) is 4.56. The number of anilines is 1. The summed E-state index contributed by atoms with van der Waals surface area (Å²) in [4.78, 5) is 25.4. The smallest absolute Gasteiger partial charge is 0.341 e. The van der Waals surface area contributed by atoms with Crippen molar-refractivity contribution in [1.29, 1.82) is 0 Å². The van der Waals surface area contributed by atoms with Gasteiger partial charge in [-0.05, 0) is 51.3 Å². The number of ether oxygens (including phenoxy) is 3. The van der Waals surface area contributed by atoms with Crippen LogP contribution in [0.25, 0.3) is 0 Å². The quantitative estimate of drug-likeness (QED) is 0.332. The molecular weight excluding hydrogens is 370 g/mol. The summed E-state index contributed by atoms with van der Waals surface area (Å²) in [6.07, 6.45) is 5.36. The third-order valence-corrected chi connectivity index (χ3v) is 4.56. The summed E-state index contributed by atoms with van der Waals surface area (Å²) in [5, 5.41) is 2.91. The van der Waals surface area contributed by atoms with E-state index in [0.29, 0.717) is 36.6 Å². The number of benzene rings is 1. The summed E-state index contributed by atoms with van der Waals surface area (Å²) < 4.78 is 16.7. The van der Waals surface area contributed by atoms with E-state index >= 15 is 0 Å². The standard InChI is InChI=1S/C23H37NO5/c1-6-10-11-14-23(5,29-16-8-3)22(26)24-18-12-13-20(28-15-7-2)19(17-18)21(25)27-9-4/h12-13,17H,6-11,14-16H2,1-5H3,(H,24,26)/t23-/m0/s1. The number of carbonyl (C=O) groups is 2. The Balaban J connectivity index is 3.03. The van der Waals surface area contributed by atoms with E-state index in [1.54, 1.807) is 25.1 Å². The Morgan fingerprint density at radius 3 is 2.34 bits per heavy atom. The number of unbranched alkanes of at least 4 members (excludes halogenated alkanes) is 2. The van der Waals surface area contributed by atoms with Gasteiger partial charge >= 0.3 is 5.97 Å². The number of amides is 1. The molecule has 0 aliphatic heterocycles. The van der Waals surface area contributed by atoms with E-state index in [1.807, 2.05) is 20.8 Å². The van der Waals surface area contributed by atoms with Gasteiger partial charge in [0, 0.05) is 12.3 Å². The van der Waals surface area contributed by atoms with E-state index < -0.39 is 11.6 Å². The second-order valence-electron chi connectivity index (χ2n) is 7.27. The maximum absolute atomic E-state index is 13.0. The molecule has 0 fully saturated rings. The van der Waals surface area contributed by atoms with Crippen LogP contribution in [0.3, 0.4) is 0 Å². The lowest BCUT2D eigenvalue weighted by Crippen LogP contribution is -2.43. The Hall–Kier alpha value is -2.08. The molecule has 1 aromatic rings. The van der Waals surface area contributed by atoms with Gasteiger partial charge in [0.1, 0.15) is 16.9 Å². The Bertz CT molecular complexity index is 646. The first-order valence-corrected chi connectivity index (χ1v) is 10.8. The molecule has 1 aromatic carbocycles. The molecule has 29 heavy (non-hydrogen) atoms. The van der Waals surface area contributed by atoms with Gasteiger partial charge < -0.3 is 19.5 Å². The van der Waals surface area contributed by atoms with Gasteiger partial charge in [-0.25, -0.2) is 4.79 Å². The molecule has 0 spiro atoms. The number of nitrogens with one attached hydrogen (secondary N) is 1. The summed E-state index contributed by atoms with van der Waals surface area (Å²) in [7, 11) is 0. The highest BCUT2D eigenvalue weighted by molar-refractivity contribution is 5.99. The van der Waals surface area contributed by atoms with E-state index in [2.05, 4.69) is 12.2 Å². The molecule has 0 saturated heterocycles. The third kappa shape index (κ3) is 8.05. The second kappa shape index (κ2) is 13.2. The van der Waals surface area contributed by atoms with Crippen molar-refractivity contribution in [3.8, 4) is 5.75 Å². The molecule has 1 amide bonds. The van der Waals surface area contributed by atoms with Crippen LogP contribution in [0.4, 0.5) is 5.69 Å². The predicted octanol–water partition coefficient (Wildman–Crippen LogP) is 5.36. The fourth-order valence-corrected chi connectivity index (χ4v) is 2.87. The van der Waals surface area contributed by atoms with E-state index in [0.717, 1.165) is 32.1 Å². The topological polar surface area (TPSA) is 73.9 Å². The van der Waals surface area contributed by atoms with E-state index in [-0.39, 0.29) is 12.5 Å². The number of carbonyl (C=O) groups excluding carboxylic acids is 2. The number of hydrogen-bond donors (Lipinski definition) is 1. The normalized spacial score (nSPS) is 12.9. The van der Waals surface area contributed by atoms with Crippen LogP contribution in [0.15, 0.2) is 18.2 Å². The first-order valence-electron chi connectivity index (χ1n) is 10.8. The van der Waals surface area contributed by atoms with Gasteiger partial charge in [0.2, 0.25) is 0 Å². The summed E-state index contributed by atoms with van der Waals surface area (Å²) in [5.74, 6) is -0.224. The van der Waals surface area contributed by atoms with Crippen LogP contribution in [0.1, 0.15) is 83.5 Å². The first-order chi connectivity index (χ1) is 13.9. The van der Waals surface area contributed by atoms with Crippen LogP contribution in [-0.4, -0.2) is 37.3 Å². The van der Waals surface area contributed by atoms with Gasteiger partial charge in [-0.1, -0.05) is 40.0 Å². The molecule has 0 saturated carbocycles. The van der Waals surface area contributed by atoms with Gasteiger partial charge in [-0.3, -0.25) is 4.79 Å². The van der Waals surface area contributed by atoms with E-state index in [1.165, 1.54) is 0 Å². The van der Waals surface area contributed by atoms with Crippen molar-refractivity contribution < 1.29 is 23.8 Å². The minimum Gasteiger partial charge on any atom is -0.493 e. The largest absolute Gasteiger partial charge is 0.493 e. The zero-order valence-electron chi connectivity index (χ0n) is 18.6. The molecule has 0 bridgehead atoms. The van der Waals surface area contributed by atoms with E-state index in [4.69, 9.17) is 14.2 Å². The molecule has 1 rings (SSSR count). The zero-order chi connectivity index (χ0) is 21.7. The van der Waals surface area contributed by atoms with Crippen LogP contribution in [-0.2, 0) is 14.3 Å². The van der Waals surface area contributed by atoms with Crippen molar-refractivity contribution in [2.45, 2.75) is 78.7 Å². The second-order valence-corrected chi connectivity index (χ2v) is 7.27. The lowest BCUT2D eigenvalue weighted by Gasteiger charge is -2.29. The molecule has 0 aromatic heterocycles. The average molecular weight is 408 g/mol. The molecule has 0 heterocycles. The molecule has 0 unspecified atom stereocenters. The van der Waals surface area contributed by atoms with Crippen LogP contribution in [0.5, 0.6) is 5.75 Å². The SMILES string of the molecule is CCCCC[C@](C)(OCCC)C(=O)Nc1ccc(OCCC)c(C(=O)OCC)c1. The highest BCUT2D eigenvalue weighted by Gasteiger charge is 2.33. The molecule has 164 valence electrons. The molecule has 1 atom stereocenters. The van der Waals surface area contributed by atoms with Crippen molar-refractivity contribution in [2.24, 2.45) is 0 Å². The molecule has 0 radical (unpaired) electrons. The van der Waals surface area contributed by atoms with Crippen LogP contribution >= 0.6 is 0 Å². The maximum Gasteiger partial charge on any atom is 0.341 e. The van der Waals surface area contributed by atoms with Gasteiger partial charge in [-0.2, -0.15) is 0 Å². The van der Waals surface area contributed by atoms with Crippen LogP contribution in [0.2, 0.25) is 0 Å². The Labute approximate surface area is 175 Å². The van der Waals surface area contributed by atoms with Crippen molar-refractivity contribution in [3.05, 3.63) is 23.8 Å². The van der Waals surface area contributed by atoms with Crippen LogP contribution < -0.4 is 10.1 Å². The molecule has 6 nitrogen and oxygen atoms in total. The lowest BCUT2D eigenvalue weighted by atomic mass is 9.96. The minimum absolute atomic E-state index is 0.209. The number of hydrogen-bond acceptors (Lipinski definition) is 5. The lowest BCUT2D eigenvalue weighted by molar-refractivity contribution is -0.140. The predicted molar refractivity (Wildman–Crippen MR) is 116 cm³/mol. The average Bonchev–Trinajstić information content (AvgIpc) is 2.71. The molecule has 1 N–H and O–H groups in total. The van der Waals surface area contributed by atoms with Crippen LogP contribution in [0, 0.1) is 0 Å². The Morgan fingerprint density at radius 1 is 1.00 bits per heavy atom. The molecule has 0 aliphatic carbocycles. The summed E-state index contributed by atoms with van der Waals surface area (Å²) >= 11 is 0. The van der Waals surface area contributed by atoms with Crippen molar-refractivity contribution >= 4 is 17.6 Å². The Kier molecular flexibility index (Phi) is 11.4. The fourth-order valence-electron chi connectivity index (χ4n) is 2.87. The summed E-state index contributed by atoms with van der Waals surface area (Å²) in [6.45, 7) is 11.0. The minimum atomic E-state index is -0.910. The number of rotatable bonds is 14. The Morgan fingerprint density at radius 2 is 1.72 bits per heavy atom. The molecule has 6 heteroatoms. The van der Waals surface area contributed by atoms with Gasteiger partial charge in [0.25, 0.3) is 5.91 Å². The van der Waals surface area contributed by atoms with Gasteiger partial charge in [-0.15, -0.1) is 0 Å². The molecule has 0 aliphatic rings. The van der Waals surface area contributed by atoms with Crippen molar-refractivity contribution in [1.82, 2.24) is 0 Å². The van der Waals surface area contributed by atoms with Gasteiger partial charge in [0.05, 0.1) is 13.2 Å². The summed E-state index contributed by atoms with van der Waals surface area (Å²) in [6, 6.07) is 5.03. The van der Waals surface area contributed by atoms with E-state index in [9.17, 15) is 9.59 Å². The highest BCUT2D eigenvalue weighted by atomic mass is 16.5. The first kappa shape index (κ1) is 25.0. The monoisotopic (exact) mass is 407 g/mol. The fraction of sp³-hybridized carbons (Fsp3) is 0.652. The zero-order valence-corrected chi connectivity index (χ0v) is 18.6. The van der Waals surface area contributed by atoms with Crippen molar-refractivity contribution in [3.63, 3.8) is 0 Å². The molecular formula is C23H37NO5.